The van der Waals surface area contributed by atoms with Gasteiger partial charge >= 0.3 is 0 Å². The van der Waals surface area contributed by atoms with E-state index < -0.39 is 10.0 Å². The second-order valence-electron chi connectivity index (χ2n) is 3.78. The molecule has 19 heavy (non-hydrogen) atoms. The normalized spacial score (nSPS) is 12.0. The van der Waals surface area contributed by atoms with Gasteiger partial charge in [-0.05, 0) is 11.6 Å². The summed E-state index contributed by atoms with van der Waals surface area (Å²) in [4.78, 5) is 3.74. The Morgan fingerprint density at radius 1 is 1.32 bits per heavy atom. The Hall–Kier alpha value is -0.660. The van der Waals surface area contributed by atoms with E-state index in [0.29, 0.717) is 5.02 Å². The largest absolute Gasteiger partial charge is 0.254 e. The lowest BCUT2D eigenvalue weighted by molar-refractivity contribution is 0.468. The summed E-state index contributed by atoms with van der Waals surface area (Å²) in [6, 6.07) is 7.11. The van der Waals surface area contributed by atoms with Crippen LogP contribution < -0.4 is 0 Å². The highest BCUT2D eigenvalue weighted by atomic mass is 35.5. The molecule has 0 atom stereocenters. The van der Waals surface area contributed by atoms with Crippen LogP contribution in [0.4, 0.5) is 0 Å². The van der Waals surface area contributed by atoms with E-state index in [9.17, 15) is 8.42 Å². The minimum absolute atomic E-state index is 0.118. The van der Waals surface area contributed by atoms with Gasteiger partial charge < -0.3 is 0 Å². The van der Waals surface area contributed by atoms with Gasteiger partial charge in [0.1, 0.15) is 0 Å². The van der Waals surface area contributed by atoms with Gasteiger partial charge in [-0.3, -0.25) is 0 Å². The molecule has 0 unspecified atom stereocenters. The third-order valence-corrected chi connectivity index (χ3v) is 6.20. The highest BCUT2D eigenvalue weighted by molar-refractivity contribution is 7.91. The van der Waals surface area contributed by atoms with Crippen LogP contribution in [0.15, 0.2) is 34.7 Å². The van der Waals surface area contributed by atoms with Crippen molar-refractivity contribution in [2.24, 2.45) is 0 Å². The Bertz CT molecular complexity index is 686. The topological polar surface area (TPSA) is 50.3 Å². The van der Waals surface area contributed by atoms with Gasteiger partial charge in [-0.25, -0.2) is 13.4 Å². The lowest BCUT2D eigenvalue weighted by Crippen LogP contribution is -2.25. The van der Waals surface area contributed by atoms with Crippen LogP contribution in [0.25, 0.3) is 0 Å². The number of hydrogen-bond donors (Lipinski definition) is 0. The van der Waals surface area contributed by atoms with Crippen molar-refractivity contribution in [3.05, 3.63) is 45.5 Å². The van der Waals surface area contributed by atoms with E-state index >= 15 is 0 Å². The van der Waals surface area contributed by atoms with Gasteiger partial charge in [-0.2, -0.15) is 4.31 Å². The predicted octanol–water partition coefficient (Wildman–Crippen LogP) is 3.27. The van der Waals surface area contributed by atoms with Gasteiger partial charge in [0.05, 0.1) is 6.20 Å². The van der Waals surface area contributed by atoms with E-state index in [2.05, 4.69) is 4.98 Å². The van der Waals surface area contributed by atoms with E-state index in [4.69, 9.17) is 23.2 Å². The molecule has 0 radical (unpaired) electrons. The van der Waals surface area contributed by atoms with Crippen molar-refractivity contribution in [3.8, 4) is 0 Å². The SMILES string of the molecule is CN(Cc1ccccc1Cl)S(=O)(=O)c1cnc(Cl)s1. The quantitative estimate of drug-likeness (QED) is 0.860. The first-order valence-corrected chi connectivity index (χ1v) is 8.23. The highest BCUT2D eigenvalue weighted by Gasteiger charge is 2.24. The lowest BCUT2D eigenvalue weighted by Gasteiger charge is -2.16. The third-order valence-electron chi connectivity index (χ3n) is 2.47. The van der Waals surface area contributed by atoms with Crippen LogP contribution >= 0.6 is 34.5 Å². The molecule has 0 saturated carbocycles. The van der Waals surface area contributed by atoms with Gasteiger partial charge in [0, 0.05) is 18.6 Å². The zero-order valence-electron chi connectivity index (χ0n) is 9.88. The first-order chi connectivity index (χ1) is 8.91. The number of halogens is 2. The van der Waals surface area contributed by atoms with Crippen LogP contribution in [0.1, 0.15) is 5.56 Å². The maximum Gasteiger partial charge on any atom is 0.254 e. The molecule has 0 aliphatic rings. The lowest BCUT2D eigenvalue weighted by atomic mass is 10.2. The molecule has 0 fully saturated rings. The first kappa shape index (κ1) is 14.7. The van der Waals surface area contributed by atoms with Gasteiger partial charge in [0.2, 0.25) is 0 Å². The van der Waals surface area contributed by atoms with Crippen LogP contribution in [0.3, 0.4) is 0 Å². The first-order valence-electron chi connectivity index (χ1n) is 5.22. The summed E-state index contributed by atoms with van der Waals surface area (Å²) in [5.74, 6) is 0. The fourth-order valence-electron chi connectivity index (χ4n) is 1.46. The summed E-state index contributed by atoms with van der Waals surface area (Å²) in [5.41, 5.74) is 0.742. The van der Waals surface area contributed by atoms with Crippen molar-refractivity contribution in [2.45, 2.75) is 10.8 Å². The molecule has 4 nitrogen and oxygen atoms in total. The number of aromatic nitrogens is 1. The molecule has 0 aliphatic heterocycles. The molecular weight excluding hydrogens is 327 g/mol. The maximum atomic E-state index is 12.3. The van der Waals surface area contributed by atoms with Gasteiger partial charge in [-0.1, -0.05) is 52.7 Å². The molecule has 1 aromatic heterocycles. The molecule has 2 rings (SSSR count). The van der Waals surface area contributed by atoms with Crippen LogP contribution in [0.2, 0.25) is 9.49 Å². The molecule has 1 heterocycles. The van der Waals surface area contributed by atoms with Crippen molar-refractivity contribution >= 4 is 44.6 Å². The molecule has 2 aromatic rings. The molecule has 1 aromatic carbocycles. The Kier molecular flexibility index (Phi) is 4.47. The fourth-order valence-corrected chi connectivity index (χ4v) is 4.31. The average molecular weight is 337 g/mol. The molecule has 0 amide bonds. The minimum Gasteiger partial charge on any atom is -0.232 e. The number of sulfonamides is 1. The highest BCUT2D eigenvalue weighted by Crippen LogP contribution is 2.26. The number of thiazole rings is 1. The zero-order valence-corrected chi connectivity index (χ0v) is 13.0. The smallest absolute Gasteiger partial charge is 0.232 e. The maximum absolute atomic E-state index is 12.3. The summed E-state index contributed by atoms with van der Waals surface area (Å²) >= 11 is 12.6. The van der Waals surface area contributed by atoms with Gasteiger partial charge in [0.15, 0.2) is 8.68 Å². The predicted molar refractivity (Wildman–Crippen MR) is 77.2 cm³/mol. The monoisotopic (exact) mass is 336 g/mol. The Morgan fingerprint density at radius 3 is 2.58 bits per heavy atom. The minimum atomic E-state index is -3.59. The summed E-state index contributed by atoms with van der Waals surface area (Å²) in [6.45, 7) is 0.192. The second-order valence-corrected chi connectivity index (χ2v) is 8.08. The molecule has 0 saturated heterocycles. The van der Waals surface area contributed by atoms with Crippen molar-refractivity contribution in [1.82, 2.24) is 9.29 Å². The zero-order chi connectivity index (χ0) is 14.0. The van der Waals surface area contributed by atoms with Crippen molar-refractivity contribution in [1.29, 1.82) is 0 Å². The summed E-state index contributed by atoms with van der Waals surface area (Å²) < 4.78 is 26.0. The molecule has 102 valence electrons. The molecule has 0 bridgehead atoms. The van der Waals surface area contributed by atoms with E-state index in [-0.39, 0.29) is 15.2 Å². The van der Waals surface area contributed by atoms with Crippen molar-refractivity contribution in [2.75, 3.05) is 7.05 Å². The molecule has 0 spiro atoms. The van der Waals surface area contributed by atoms with E-state index in [0.717, 1.165) is 16.9 Å². The van der Waals surface area contributed by atoms with Crippen LogP contribution in [-0.4, -0.2) is 24.8 Å². The van der Waals surface area contributed by atoms with Crippen LogP contribution in [0, 0.1) is 0 Å². The number of benzene rings is 1. The number of rotatable bonds is 4. The van der Waals surface area contributed by atoms with E-state index in [1.54, 1.807) is 18.2 Å². The number of nitrogens with zero attached hydrogens (tertiary/aromatic N) is 2. The molecular formula is C11H10Cl2N2O2S2. The van der Waals surface area contributed by atoms with Crippen LogP contribution in [-0.2, 0) is 16.6 Å². The van der Waals surface area contributed by atoms with Gasteiger partial charge in [0.25, 0.3) is 10.0 Å². The molecule has 0 aliphatic carbocycles. The van der Waals surface area contributed by atoms with Gasteiger partial charge in [-0.15, -0.1) is 0 Å². The Balaban J connectivity index is 2.25. The summed E-state index contributed by atoms with van der Waals surface area (Å²) in [6.07, 6.45) is 1.26. The fraction of sp³-hybridized carbons (Fsp3) is 0.182. The van der Waals surface area contributed by atoms with E-state index in [1.807, 2.05) is 6.07 Å². The third kappa shape index (κ3) is 3.27. The Labute approximate surface area is 125 Å². The standard InChI is InChI=1S/C11H10Cl2N2O2S2/c1-15(7-8-4-2-3-5-9(8)12)19(16,17)10-6-14-11(13)18-10/h2-6H,7H2,1H3. The summed E-state index contributed by atoms with van der Waals surface area (Å²) in [5, 5.41) is 0.534. The molecule has 8 heteroatoms. The summed E-state index contributed by atoms with van der Waals surface area (Å²) in [7, 11) is -2.09. The molecule has 0 N–H and O–H groups in total. The second kappa shape index (κ2) is 5.76. The van der Waals surface area contributed by atoms with Crippen LogP contribution in [0.5, 0.6) is 0 Å². The average Bonchev–Trinajstić information content (AvgIpc) is 2.79. The van der Waals surface area contributed by atoms with Crippen molar-refractivity contribution in [3.63, 3.8) is 0 Å². The Morgan fingerprint density at radius 2 is 2.00 bits per heavy atom. The van der Waals surface area contributed by atoms with E-state index in [1.165, 1.54) is 17.5 Å². The number of hydrogen-bond acceptors (Lipinski definition) is 4. The van der Waals surface area contributed by atoms with Crippen molar-refractivity contribution < 1.29 is 8.42 Å².